The molecule has 1 unspecified atom stereocenters. The van der Waals surface area contributed by atoms with E-state index in [1.807, 2.05) is 0 Å². The third-order valence-electron chi connectivity index (χ3n) is 2.88. The third-order valence-corrected chi connectivity index (χ3v) is 2.88. The highest BCUT2D eigenvalue weighted by Crippen LogP contribution is 2.10. The Morgan fingerprint density at radius 1 is 1.41 bits per heavy atom. The number of carbonyl (C=O) groups is 2. The largest absolute Gasteiger partial charge is 0.467 e. The molecule has 1 saturated heterocycles. The molecule has 1 fully saturated rings. The summed E-state index contributed by atoms with van der Waals surface area (Å²) in [6.45, 7) is 3.39. The highest BCUT2D eigenvalue weighted by atomic mass is 16.6. The third kappa shape index (κ3) is 4.34. The van der Waals surface area contributed by atoms with Gasteiger partial charge in [0.05, 0.1) is 20.3 Å². The summed E-state index contributed by atoms with van der Waals surface area (Å²) < 4.78 is 9.88. The van der Waals surface area contributed by atoms with Crippen LogP contribution in [0.3, 0.4) is 0 Å². The van der Waals surface area contributed by atoms with Crippen LogP contribution < -0.4 is 0 Å². The van der Waals surface area contributed by atoms with Crippen LogP contribution in [0.5, 0.6) is 0 Å². The summed E-state index contributed by atoms with van der Waals surface area (Å²) in [5.41, 5.74) is 0. The molecule has 1 rings (SSSR count). The molecule has 0 aromatic heterocycles. The molecule has 1 atom stereocenters. The van der Waals surface area contributed by atoms with Crippen LogP contribution in [0.25, 0.3) is 0 Å². The summed E-state index contributed by atoms with van der Waals surface area (Å²) in [4.78, 5) is 24.9. The van der Waals surface area contributed by atoms with Gasteiger partial charge in [0.25, 0.3) is 0 Å². The van der Waals surface area contributed by atoms with Gasteiger partial charge in [-0.15, -0.1) is 0 Å². The number of rotatable bonds is 5. The number of nitrogens with zero attached hydrogens (tertiary/aromatic N) is 1. The Hall–Kier alpha value is -1.10. The molecule has 0 aromatic carbocycles. The molecule has 1 heterocycles. The number of amides is 1. The van der Waals surface area contributed by atoms with Crippen LogP contribution in [0.15, 0.2) is 0 Å². The predicted octanol–water partition coefficient (Wildman–Crippen LogP) is 0.967. The highest BCUT2D eigenvalue weighted by Gasteiger charge is 2.29. The number of hydrogen-bond acceptors (Lipinski definition) is 4. The van der Waals surface area contributed by atoms with E-state index in [0.29, 0.717) is 26.1 Å². The SMILES string of the molecule is CCCCCC(=O)N1CCOC(C(=O)OC)C1. The van der Waals surface area contributed by atoms with E-state index in [9.17, 15) is 9.59 Å². The quantitative estimate of drug-likeness (QED) is 0.533. The first kappa shape index (κ1) is 14.0. The van der Waals surface area contributed by atoms with E-state index in [4.69, 9.17) is 4.74 Å². The second-order valence-corrected chi connectivity index (χ2v) is 4.18. The van der Waals surface area contributed by atoms with Gasteiger partial charge in [0, 0.05) is 13.0 Å². The van der Waals surface area contributed by atoms with Gasteiger partial charge in [-0.05, 0) is 6.42 Å². The normalized spacial score (nSPS) is 20.1. The van der Waals surface area contributed by atoms with Crippen LogP contribution in [0.4, 0.5) is 0 Å². The lowest BCUT2D eigenvalue weighted by atomic mass is 10.1. The van der Waals surface area contributed by atoms with E-state index >= 15 is 0 Å². The van der Waals surface area contributed by atoms with Gasteiger partial charge in [-0.2, -0.15) is 0 Å². The maximum Gasteiger partial charge on any atom is 0.336 e. The second kappa shape index (κ2) is 7.27. The van der Waals surface area contributed by atoms with Crippen LogP contribution in [0.1, 0.15) is 32.6 Å². The number of unbranched alkanes of at least 4 members (excludes halogenated alkanes) is 2. The van der Waals surface area contributed by atoms with Crippen molar-refractivity contribution in [2.45, 2.75) is 38.7 Å². The minimum Gasteiger partial charge on any atom is -0.467 e. The molecular weight excluding hydrogens is 222 g/mol. The van der Waals surface area contributed by atoms with Crippen molar-refractivity contribution in [3.8, 4) is 0 Å². The number of hydrogen-bond donors (Lipinski definition) is 0. The van der Waals surface area contributed by atoms with E-state index in [-0.39, 0.29) is 5.91 Å². The fourth-order valence-corrected chi connectivity index (χ4v) is 1.83. The molecule has 0 spiro atoms. The Balaban J connectivity index is 2.37. The molecule has 98 valence electrons. The first-order valence-electron chi connectivity index (χ1n) is 6.16. The van der Waals surface area contributed by atoms with E-state index < -0.39 is 12.1 Å². The van der Waals surface area contributed by atoms with E-state index in [1.54, 1.807) is 4.90 Å². The molecule has 17 heavy (non-hydrogen) atoms. The monoisotopic (exact) mass is 243 g/mol. The van der Waals surface area contributed by atoms with Gasteiger partial charge < -0.3 is 14.4 Å². The van der Waals surface area contributed by atoms with Gasteiger partial charge >= 0.3 is 5.97 Å². The van der Waals surface area contributed by atoms with Crippen LogP contribution in [-0.2, 0) is 19.1 Å². The Morgan fingerprint density at radius 2 is 2.18 bits per heavy atom. The molecule has 0 radical (unpaired) electrons. The van der Waals surface area contributed by atoms with Crippen molar-refractivity contribution in [2.75, 3.05) is 26.8 Å². The van der Waals surface area contributed by atoms with Gasteiger partial charge in [-0.1, -0.05) is 19.8 Å². The lowest BCUT2D eigenvalue weighted by Gasteiger charge is -2.31. The Morgan fingerprint density at radius 3 is 2.82 bits per heavy atom. The van der Waals surface area contributed by atoms with Crippen LogP contribution in [0, 0.1) is 0 Å². The highest BCUT2D eigenvalue weighted by molar-refractivity contribution is 5.79. The number of esters is 1. The van der Waals surface area contributed by atoms with E-state index in [2.05, 4.69) is 11.7 Å². The number of carbonyl (C=O) groups excluding carboxylic acids is 2. The molecule has 0 aliphatic carbocycles. The minimum atomic E-state index is -0.621. The minimum absolute atomic E-state index is 0.107. The summed E-state index contributed by atoms with van der Waals surface area (Å²) >= 11 is 0. The molecular formula is C12H21NO4. The van der Waals surface area contributed by atoms with Crippen molar-refractivity contribution in [3.63, 3.8) is 0 Å². The maximum atomic E-state index is 11.8. The zero-order chi connectivity index (χ0) is 12.7. The molecule has 1 aliphatic heterocycles. The predicted molar refractivity (Wildman–Crippen MR) is 62.5 cm³/mol. The molecule has 0 aromatic rings. The fourth-order valence-electron chi connectivity index (χ4n) is 1.83. The molecule has 1 aliphatic rings. The topological polar surface area (TPSA) is 55.8 Å². The number of ether oxygens (including phenoxy) is 2. The molecule has 0 saturated carbocycles. The zero-order valence-corrected chi connectivity index (χ0v) is 10.6. The molecule has 5 nitrogen and oxygen atoms in total. The first-order valence-corrected chi connectivity index (χ1v) is 6.16. The molecule has 0 N–H and O–H groups in total. The first-order chi connectivity index (χ1) is 8.19. The van der Waals surface area contributed by atoms with Crippen molar-refractivity contribution < 1.29 is 19.1 Å². The van der Waals surface area contributed by atoms with Gasteiger partial charge in [0.1, 0.15) is 0 Å². The average Bonchev–Trinajstić information content (AvgIpc) is 2.38. The van der Waals surface area contributed by atoms with Gasteiger partial charge in [0.2, 0.25) is 5.91 Å². The van der Waals surface area contributed by atoms with Crippen molar-refractivity contribution in [2.24, 2.45) is 0 Å². The summed E-state index contributed by atoms with van der Waals surface area (Å²) in [6.07, 6.45) is 3.01. The van der Waals surface area contributed by atoms with Crippen molar-refractivity contribution in [1.29, 1.82) is 0 Å². The van der Waals surface area contributed by atoms with Crippen LogP contribution in [0.2, 0.25) is 0 Å². The number of morpholine rings is 1. The van der Waals surface area contributed by atoms with E-state index in [1.165, 1.54) is 7.11 Å². The number of methoxy groups -OCH3 is 1. The standard InChI is InChI=1S/C12H21NO4/c1-3-4-5-6-11(14)13-7-8-17-10(9-13)12(15)16-2/h10H,3-9H2,1-2H3. The summed E-state index contributed by atoms with van der Waals surface area (Å²) in [6, 6.07) is 0. The summed E-state index contributed by atoms with van der Waals surface area (Å²) in [5.74, 6) is -0.299. The van der Waals surface area contributed by atoms with Gasteiger partial charge in [-0.3, -0.25) is 4.79 Å². The lowest BCUT2D eigenvalue weighted by Crippen LogP contribution is -2.48. The fraction of sp³-hybridized carbons (Fsp3) is 0.833. The van der Waals surface area contributed by atoms with Crippen molar-refractivity contribution in [3.05, 3.63) is 0 Å². The Labute approximate surface area is 102 Å². The zero-order valence-electron chi connectivity index (χ0n) is 10.6. The van der Waals surface area contributed by atoms with Crippen molar-refractivity contribution in [1.82, 2.24) is 4.90 Å². The van der Waals surface area contributed by atoms with Crippen molar-refractivity contribution >= 4 is 11.9 Å². The summed E-state index contributed by atoms with van der Waals surface area (Å²) in [5, 5.41) is 0. The molecule has 5 heteroatoms. The Bertz CT molecular complexity index is 267. The Kier molecular flexibility index (Phi) is 5.97. The lowest BCUT2D eigenvalue weighted by molar-refractivity contribution is -0.162. The van der Waals surface area contributed by atoms with Crippen LogP contribution >= 0.6 is 0 Å². The average molecular weight is 243 g/mol. The van der Waals surface area contributed by atoms with Gasteiger partial charge in [0.15, 0.2) is 6.10 Å². The molecule has 0 bridgehead atoms. The van der Waals surface area contributed by atoms with Gasteiger partial charge in [-0.25, -0.2) is 4.79 Å². The maximum absolute atomic E-state index is 11.8. The van der Waals surface area contributed by atoms with E-state index in [0.717, 1.165) is 19.3 Å². The molecule has 1 amide bonds. The second-order valence-electron chi connectivity index (χ2n) is 4.18. The smallest absolute Gasteiger partial charge is 0.336 e. The van der Waals surface area contributed by atoms with Crippen LogP contribution in [-0.4, -0.2) is 49.7 Å². The summed E-state index contributed by atoms with van der Waals surface area (Å²) in [7, 11) is 1.33.